The molecule has 0 amide bonds. The van der Waals surface area contributed by atoms with Crippen molar-refractivity contribution >= 4 is 56.5 Å². The molecule has 22 heavy (non-hydrogen) atoms. The molecule has 0 aromatic heterocycles. The van der Waals surface area contributed by atoms with Gasteiger partial charge in [-0.15, -0.1) is 0 Å². The molecule has 2 aromatic carbocycles. The van der Waals surface area contributed by atoms with Crippen molar-refractivity contribution < 1.29 is 9.53 Å². The molecule has 0 unspecified atom stereocenters. The molecule has 3 rings (SSSR count). The van der Waals surface area contributed by atoms with Crippen LogP contribution in [-0.4, -0.2) is 11.9 Å². The van der Waals surface area contributed by atoms with Crippen LogP contribution in [-0.2, 0) is 9.53 Å². The molecule has 3 nitrogen and oxygen atoms in total. The second kappa shape index (κ2) is 6.34. The molecule has 110 valence electrons. The SMILES string of the molecule is Cc1cc(C2=N/C(=C\c3ccccc3Br)C(=O)O2)ccc1I. The summed E-state index contributed by atoms with van der Waals surface area (Å²) in [5, 5.41) is 0. The lowest BCUT2D eigenvalue weighted by molar-refractivity contribution is -0.129. The Labute approximate surface area is 150 Å². The van der Waals surface area contributed by atoms with E-state index < -0.39 is 5.97 Å². The average Bonchev–Trinajstić information content (AvgIpc) is 2.85. The average molecular weight is 468 g/mol. The van der Waals surface area contributed by atoms with Crippen LogP contribution in [0.4, 0.5) is 0 Å². The van der Waals surface area contributed by atoms with E-state index in [1.165, 1.54) is 0 Å². The van der Waals surface area contributed by atoms with Gasteiger partial charge in [0.1, 0.15) is 0 Å². The normalized spacial score (nSPS) is 15.9. The highest BCUT2D eigenvalue weighted by molar-refractivity contribution is 14.1. The van der Waals surface area contributed by atoms with Crippen molar-refractivity contribution in [1.82, 2.24) is 0 Å². The van der Waals surface area contributed by atoms with Gasteiger partial charge in [0.25, 0.3) is 0 Å². The third-order valence-corrected chi connectivity index (χ3v) is 5.16. The summed E-state index contributed by atoms with van der Waals surface area (Å²) in [6.07, 6.45) is 1.72. The molecule has 0 saturated carbocycles. The molecule has 1 heterocycles. The summed E-state index contributed by atoms with van der Waals surface area (Å²) in [7, 11) is 0. The fraction of sp³-hybridized carbons (Fsp3) is 0.0588. The molecule has 0 saturated heterocycles. The smallest absolute Gasteiger partial charge is 0.363 e. The van der Waals surface area contributed by atoms with Gasteiger partial charge in [-0.05, 0) is 71.0 Å². The van der Waals surface area contributed by atoms with E-state index in [2.05, 4.69) is 43.5 Å². The highest BCUT2D eigenvalue weighted by atomic mass is 127. The number of carbonyl (C=O) groups is 1. The topological polar surface area (TPSA) is 38.7 Å². The van der Waals surface area contributed by atoms with E-state index >= 15 is 0 Å². The van der Waals surface area contributed by atoms with Crippen LogP contribution in [0, 0.1) is 10.5 Å². The first kappa shape index (κ1) is 15.4. The predicted octanol–water partition coefficient (Wildman–Crippen LogP) is 4.71. The van der Waals surface area contributed by atoms with E-state index in [1.54, 1.807) is 6.08 Å². The van der Waals surface area contributed by atoms with Gasteiger partial charge in [0, 0.05) is 13.6 Å². The molecule has 0 radical (unpaired) electrons. The zero-order valence-corrected chi connectivity index (χ0v) is 15.4. The van der Waals surface area contributed by atoms with Gasteiger partial charge in [-0.1, -0.05) is 34.1 Å². The maximum atomic E-state index is 12.0. The molecule has 0 aliphatic carbocycles. The Kier molecular flexibility index (Phi) is 4.44. The van der Waals surface area contributed by atoms with Crippen molar-refractivity contribution in [3.8, 4) is 0 Å². The molecule has 0 fully saturated rings. The standard InChI is InChI=1S/C17H11BrINO2/c1-10-8-12(6-7-14(10)19)16-20-15(17(21)22-16)9-11-4-2-3-5-13(11)18/h2-9H,1H3/b15-9-. The highest BCUT2D eigenvalue weighted by Gasteiger charge is 2.24. The number of hydrogen-bond donors (Lipinski definition) is 0. The maximum Gasteiger partial charge on any atom is 0.363 e. The minimum absolute atomic E-state index is 0.304. The summed E-state index contributed by atoms with van der Waals surface area (Å²) < 4.78 is 7.36. The van der Waals surface area contributed by atoms with Crippen LogP contribution in [0.5, 0.6) is 0 Å². The molecule has 2 aromatic rings. The molecular formula is C17H11BrINO2. The third-order valence-electron chi connectivity index (χ3n) is 3.22. The Morgan fingerprint density at radius 1 is 1.23 bits per heavy atom. The Hall–Kier alpha value is -1.47. The number of aryl methyl sites for hydroxylation is 1. The van der Waals surface area contributed by atoms with E-state index in [4.69, 9.17) is 4.74 Å². The Bertz CT molecular complexity index is 827. The van der Waals surface area contributed by atoms with Crippen LogP contribution in [0.3, 0.4) is 0 Å². The minimum atomic E-state index is -0.429. The second-order valence-electron chi connectivity index (χ2n) is 4.82. The minimum Gasteiger partial charge on any atom is -0.402 e. The van der Waals surface area contributed by atoms with Gasteiger partial charge in [-0.2, -0.15) is 0 Å². The van der Waals surface area contributed by atoms with Gasteiger partial charge in [0.15, 0.2) is 5.70 Å². The van der Waals surface area contributed by atoms with E-state index in [0.29, 0.717) is 11.6 Å². The molecule has 0 spiro atoms. The lowest BCUT2D eigenvalue weighted by Crippen LogP contribution is -2.05. The number of ether oxygens (including phenoxy) is 1. The predicted molar refractivity (Wildman–Crippen MR) is 98.6 cm³/mol. The first-order valence-electron chi connectivity index (χ1n) is 6.58. The number of benzene rings is 2. The fourth-order valence-electron chi connectivity index (χ4n) is 2.05. The summed E-state index contributed by atoms with van der Waals surface area (Å²) in [6.45, 7) is 2.01. The van der Waals surface area contributed by atoms with Crippen molar-refractivity contribution in [2.24, 2.45) is 4.99 Å². The number of hydrogen-bond acceptors (Lipinski definition) is 3. The third kappa shape index (κ3) is 3.15. The maximum absolute atomic E-state index is 12.0. The lowest BCUT2D eigenvalue weighted by atomic mass is 10.1. The Morgan fingerprint density at radius 2 is 2.00 bits per heavy atom. The Balaban J connectivity index is 1.98. The molecular weight excluding hydrogens is 457 g/mol. The number of rotatable bonds is 2. The van der Waals surface area contributed by atoms with Gasteiger partial charge in [0.2, 0.25) is 5.90 Å². The summed E-state index contributed by atoms with van der Waals surface area (Å²) in [5.74, 6) is -0.0789. The molecule has 0 N–H and O–H groups in total. The molecule has 1 aliphatic rings. The van der Waals surface area contributed by atoms with Gasteiger partial charge >= 0.3 is 5.97 Å². The second-order valence-corrected chi connectivity index (χ2v) is 6.84. The van der Waals surface area contributed by atoms with E-state index in [-0.39, 0.29) is 0 Å². The van der Waals surface area contributed by atoms with Crippen LogP contribution in [0.25, 0.3) is 6.08 Å². The van der Waals surface area contributed by atoms with Gasteiger partial charge < -0.3 is 4.74 Å². The van der Waals surface area contributed by atoms with Crippen LogP contribution < -0.4 is 0 Å². The largest absolute Gasteiger partial charge is 0.402 e. The van der Waals surface area contributed by atoms with Crippen molar-refractivity contribution in [3.63, 3.8) is 0 Å². The van der Waals surface area contributed by atoms with Crippen molar-refractivity contribution in [1.29, 1.82) is 0 Å². The zero-order chi connectivity index (χ0) is 15.7. The number of cyclic esters (lactones) is 1. The van der Waals surface area contributed by atoms with Crippen molar-refractivity contribution in [2.75, 3.05) is 0 Å². The zero-order valence-electron chi connectivity index (χ0n) is 11.6. The molecule has 1 aliphatic heterocycles. The Morgan fingerprint density at radius 3 is 2.73 bits per heavy atom. The number of halogens is 2. The summed E-state index contributed by atoms with van der Waals surface area (Å²) in [4.78, 5) is 16.3. The van der Waals surface area contributed by atoms with E-state index in [9.17, 15) is 4.79 Å². The van der Waals surface area contributed by atoms with Crippen LogP contribution >= 0.6 is 38.5 Å². The quantitative estimate of drug-likeness (QED) is 0.364. The van der Waals surface area contributed by atoms with Gasteiger partial charge in [-0.3, -0.25) is 0 Å². The highest BCUT2D eigenvalue weighted by Crippen LogP contribution is 2.24. The van der Waals surface area contributed by atoms with E-state index in [0.717, 1.165) is 24.7 Å². The lowest BCUT2D eigenvalue weighted by Gasteiger charge is -2.02. The van der Waals surface area contributed by atoms with Crippen LogP contribution in [0.2, 0.25) is 0 Å². The number of carbonyl (C=O) groups excluding carboxylic acids is 1. The number of nitrogens with zero attached hydrogens (tertiary/aromatic N) is 1. The fourth-order valence-corrected chi connectivity index (χ4v) is 2.78. The first-order chi connectivity index (χ1) is 10.5. The van der Waals surface area contributed by atoms with Crippen molar-refractivity contribution in [2.45, 2.75) is 6.92 Å². The first-order valence-corrected chi connectivity index (χ1v) is 8.45. The monoisotopic (exact) mass is 467 g/mol. The molecule has 0 bridgehead atoms. The molecule has 5 heteroatoms. The van der Waals surface area contributed by atoms with Gasteiger partial charge in [0.05, 0.1) is 0 Å². The summed E-state index contributed by atoms with van der Waals surface area (Å²) in [5.41, 5.74) is 3.12. The van der Waals surface area contributed by atoms with Crippen LogP contribution in [0.1, 0.15) is 16.7 Å². The van der Waals surface area contributed by atoms with Gasteiger partial charge in [-0.25, -0.2) is 9.79 Å². The van der Waals surface area contributed by atoms with Crippen LogP contribution in [0.15, 0.2) is 57.6 Å². The van der Waals surface area contributed by atoms with E-state index in [1.807, 2.05) is 49.4 Å². The summed E-state index contributed by atoms with van der Waals surface area (Å²) in [6, 6.07) is 13.5. The summed E-state index contributed by atoms with van der Waals surface area (Å²) >= 11 is 5.72. The molecule has 0 atom stereocenters. The number of aliphatic imine (C=N–C) groups is 1. The number of esters is 1. The van der Waals surface area contributed by atoms with Crippen molar-refractivity contribution in [3.05, 3.63) is 72.9 Å².